The Labute approximate surface area is 92.2 Å². The maximum absolute atomic E-state index is 10.3. The molecule has 14 heavy (non-hydrogen) atoms. The van der Waals surface area contributed by atoms with Crippen molar-refractivity contribution in [1.29, 1.82) is 0 Å². The molecule has 2 rings (SSSR count). The summed E-state index contributed by atoms with van der Waals surface area (Å²) in [7, 11) is 0. The van der Waals surface area contributed by atoms with Crippen LogP contribution in [-0.4, -0.2) is 11.3 Å². The SMILES string of the molecule is O=CCC1CC1c1nccc(Cl)c1Cl. The Morgan fingerprint density at radius 3 is 3.07 bits per heavy atom. The Kier molecular flexibility index (Phi) is 2.75. The third kappa shape index (κ3) is 1.77. The minimum absolute atomic E-state index is 0.325. The zero-order valence-electron chi connectivity index (χ0n) is 7.41. The van der Waals surface area contributed by atoms with Gasteiger partial charge in [0.1, 0.15) is 6.29 Å². The van der Waals surface area contributed by atoms with Crippen molar-refractivity contribution in [2.75, 3.05) is 0 Å². The summed E-state index contributed by atoms with van der Waals surface area (Å²) in [5.41, 5.74) is 0.839. The van der Waals surface area contributed by atoms with Crippen LogP contribution in [0.3, 0.4) is 0 Å². The maximum Gasteiger partial charge on any atom is 0.120 e. The van der Waals surface area contributed by atoms with Gasteiger partial charge in [-0.3, -0.25) is 4.98 Å². The summed E-state index contributed by atoms with van der Waals surface area (Å²) in [6.45, 7) is 0. The number of carbonyl (C=O) groups is 1. The fourth-order valence-electron chi connectivity index (χ4n) is 1.66. The van der Waals surface area contributed by atoms with Crippen molar-refractivity contribution >= 4 is 29.5 Å². The fourth-order valence-corrected chi connectivity index (χ4v) is 2.07. The molecule has 0 spiro atoms. The van der Waals surface area contributed by atoms with E-state index >= 15 is 0 Å². The Hall–Kier alpha value is -0.600. The van der Waals surface area contributed by atoms with Crippen LogP contribution in [0.2, 0.25) is 10.0 Å². The lowest BCUT2D eigenvalue weighted by atomic mass is 10.2. The average Bonchev–Trinajstić information content (AvgIpc) is 2.90. The maximum atomic E-state index is 10.3. The first-order valence-corrected chi connectivity index (χ1v) is 5.23. The first kappa shape index (κ1) is 9.94. The third-order valence-electron chi connectivity index (χ3n) is 2.54. The van der Waals surface area contributed by atoms with Gasteiger partial charge >= 0.3 is 0 Å². The minimum atomic E-state index is 0.325. The van der Waals surface area contributed by atoms with Gasteiger partial charge in [0.25, 0.3) is 0 Å². The number of pyridine rings is 1. The number of carbonyl (C=O) groups excluding carboxylic acids is 1. The lowest BCUT2D eigenvalue weighted by Crippen LogP contribution is -1.91. The quantitative estimate of drug-likeness (QED) is 0.747. The van der Waals surface area contributed by atoms with E-state index in [9.17, 15) is 4.79 Å². The molecule has 2 unspecified atom stereocenters. The van der Waals surface area contributed by atoms with E-state index in [0.29, 0.717) is 28.3 Å². The second-order valence-corrected chi connectivity index (χ2v) is 4.28. The van der Waals surface area contributed by atoms with Gasteiger partial charge in [0, 0.05) is 18.5 Å². The molecular weight excluding hydrogens is 221 g/mol. The number of hydrogen-bond acceptors (Lipinski definition) is 2. The highest BCUT2D eigenvalue weighted by molar-refractivity contribution is 6.42. The lowest BCUT2D eigenvalue weighted by Gasteiger charge is -2.02. The van der Waals surface area contributed by atoms with Crippen LogP contribution >= 0.6 is 23.2 Å². The molecule has 0 aliphatic heterocycles. The standard InChI is InChI=1S/C10H9Cl2NO/c11-8-1-3-13-10(9(8)12)7-5-6(7)2-4-14/h1,3-4,6-7H,2,5H2. The lowest BCUT2D eigenvalue weighted by molar-refractivity contribution is -0.108. The Bertz CT molecular complexity index is 367. The van der Waals surface area contributed by atoms with Crippen LogP contribution in [0, 0.1) is 5.92 Å². The molecule has 2 atom stereocenters. The molecule has 0 N–H and O–H groups in total. The van der Waals surface area contributed by atoms with Crippen molar-refractivity contribution in [2.24, 2.45) is 5.92 Å². The van der Waals surface area contributed by atoms with E-state index in [1.165, 1.54) is 0 Å². The minimum Gasteiger partial charge on any atom is -0.303 e. The monoisotopic (exact) mass is 229 g/mol. The molecule has 4 heteroatoms. The number of hydrogen-bond donors (Lipinski definition) is 0. The summed E-state index contributed by atoms with van der Waals surface area (Å²) in [6, 6.07) is 1.67. The first-order valence-electron chi connectivity index (χ1n) is 4.47. The third-order valence-corrected chi connectivity index (χ3v) is 3.35. The molecule has 0 radical (unpaired) electrons. The van der Waals surface area contributed by atoms with Gasteiger partial charge in [0.15, 0.2) is 0 Å². The molecule has 1 saturated carbocycles. The van der Waals surface area contributed by atoms with Gasteiger partial charge in [0.05, 0.1) is 15.7 Å². The molecule has 2 nitrogen and oxygen atoms in total. The highest BCUT2D eigenvalue weighted by Gasteiger charge is 2.40. The number of aldehydes is 1. The van der Waals surface area contributed by atoms with Gasteiger partial charge in [-0.05, 0) is 18.4 Å². The fraction of sp³-hybridized carbons (Fsp3) is 0.400. The second kappa shape index (κ2) is 3.87. The summed E-state index contributed by atoms with van der Waals surface area (Å²) >= 11 is 11.9. The highest BCUT2D eigenvalue weighted by atomic mass is 35.5. The van der Waals surface area contributed by atoms with E-state index < -0.39 is 0 Å². The molecule has 74 valence electrons. The summed E-state index contributed by atoms with van der Waals surface area (Å²) in [5.74, 6) is 0.738. The first-order chi connectivity index (χ1) is 6.74. The van der Waals surface area contributed by atoms with E-state index in [0.717, 1.165) is 18.4 Å². The zero-order valence-corrected chi connectivity index (χ0v) is 8.92. The molecular formula is C10H9Cl2NO. The van der Waals surface area contributed by atoms with Gasteiger partial charge in [-0.1, -0.05) is 23.2 Å². The van der Waals surface area contributed by atoms with Gasteiger partial charge in [-0.15, -0.1) is 0 Å². The van der Waals surface area contributed by atoms with E-state index in [1.807, 2.05) is 0 Å². The summed E-state index contributed by atoms with van der Waals surface area (Å²) in [6.07, 6.45) is 4.18. The number of aromatic nitrogens is 1. The second-order valence-electron chi connectivity index (χ2n) is 3.50. The average molecular weight is 230 g/mol. The van der Waals surface area contributed by atoms with E-state index in [4.69, 9.17) is 23.2 Å². The zero-order chi connectivity index (χ0) is 10.1. The highest BCUT2D eigenvalue weighted by Crippen LogP contribution is 2.50. The Morgan fingerprint density at radius 2 is 2.36 bits per heavy atom. The Morgan fingerprint density at radius 1 is 1.57 bits per heavy atom. The van der Waals surface area contributed by atoms with Crippen molar-refractivity contribution in [1.82, 2.24) is 4.98 Å². The van der Waals surface area contributed by atoms with Gasteiger partial charge < -0.3 is 4.79 Å². The summed E-state index contributed by atoms with van der Waals surface area (Å²) in [4.78, 5) is 14.5. The van der Waals surface area contributed by atoms with Crippen molar-refractivity contribution in [3.8, 4) is 0 Å². The molecule has 0 amide bonds. The topological polar surface area (TPSA) is 30.0 Å². The molecule has 1 aliphatic rings. The normalized spacial score (nSPS) is 24.7. The molecule has 1 fully saturated rings. The predicted molar refractivity (Wildman–Crippen MR) is 55.8 cm³/mol. The number of rotatable bonds is 3. The molecule has 0 bridgehead atoms. The van der Waals surface area contributed by atoms with Crippen LogP contribution in [0.25, 0.3) is 0 Å². The van der Waals surface area contributed by atoms with Crippen LogP contribution in [0.5, 0.6) is 0 Å². The van der Waals surface area contributed by atoms with Crippen molar-refractivity contribution in [3.05, 3.63) is 28.0 Å². The summed E-state index contributed by atoms with van der Waals surface area (Å²) < 4.78 is 0. The van der Waals surface area contributed by atoms with Crippen molar-refractivity contribution in [2.45, 2.75) is 18.8 Å². The number of halogens is 2. The van der Waals surface area contributed by atoms with Crippen LogP contribution in [-0.2, 0) is 4.79 Å². The van der Waals surface area contributed by atoms with E-state index in [-0.39, 0.29) is 0 Å². The smallest absolute Gasteiger partial charge is 0.120 e. The van der Waals surface area contributed by atoms with Crippen molar-refractivity contribution in [3.63, 3.8) is 0 Å². The molecule has 1 heterocycles. The molecule has 0 aromatic carbocycles. The molecule has 1 aromatic heterocycles. The van der Waals surface area contributed by atoms with E-state index in [2.05, 4.69) is 4.98 Å². The van der Waals surface area contributed by atoms with Crippen LogP contribution in [0.4, 0.5) is 0 Å². The van der Waals surface area contributed by atoms with E-state index in [1.54, 1.807) is 12.3 Å². The Balaban J connectivity index is 2.18. The van der Waals surface area contributed by atoms with Gasteiger partial charge in [0.2, 0.25) is 0 Å². The summed E-state index contributed by atoms with van der Waals surface area (Å²) in [5, 5.41) is 1.07. The molecule has 0 saturated heterocycles. The largest absolute Gasteiger partial charge is 0.303 e. The predicted octanol–water partition coefficient (Wildman–Crippen LogP) is 3.08. The number of nitrogens with zero attached hydrogens (tertiary/aromatic N) is 1. The van der Waals surface area contributed by atoms with Gasteiger partial charge in [-0.2, -0.15) is 0 Å². The van der Waals surface area contributed by atoms with Gasteiger partial charge in [-0.25, -0.2) is 0 Å². The molecule has 1 aromatic rings. The van der Waals surface area contributed by atoms with Crippen molar-refractivity contribution < 1.29 is 4.79 Å². The molecule has 1 aliphatic carbocycles. The van der Waals surface area contributed by atoms with Crippen LogP contribution < -0.4 is 0 Å². The van der Waals surface area contributed by atoms with Crippen LogP contribution in [0.15, 0.2) is 12.3 Å². The van der Waals surface area contributed by atoms with Crippen LogP contribution in [0.1, 0.15) is 24.5 Å².